The quantitative estimate of drug-likeness (QED) is 0.882. The largest absolute Gasteiger partial charge is 0.398 e. The normalized spacial score (nSPS) is 11.9. The fraction of sp³-hybridized carbons (Fsp3) is 0.231. The molecule has 0 fully saturated rings. The molecule has 2 N–H and O–H groups in total. The molecule has 0 bridgehead atoms. The van der Waals surface area contributed by atoms with Gasteiger partial charge in [0.25, 0.3) is 0 Å². The summed E-state index contributed by atoms with van der Waals surface area (Å²) in [7, 11) is -1.93. The Bertz CT molecular complexity index is 664. The third-order valence-electron chi connectivity index (χ3n) is 3.00. The molecule has 2 rings (SSSR count). The van der Waals surface area contributed by atoms with E-state index < -0.39 is 10.0 Å². The van der Waals surface area contributed by atoms with Crippen molar-refractivity contribution in [1.82, 2.24) is 4.31 Å². The predicted molar refractivity (Wildman–Crippen MR) is 78.6 cm³/mol. The first kappa shape index (κ1) is 14.0. The second-order valence-electron chi connectivity index (χ2n) is 4.36. The Morgan fingerprint density at radius 1 is 1.32 bits per heavy atom. The summed E-state index contributed by atoms with van der Waals surface area (Å²) >= 11 is 1.55. The number of hydrogen-bond acceptors (Lipinski definition) is 4. The molecule has 0 aliphatic heterocycles. The number of benzene rings is 1. The number of thiophene rings is 1. The molecule has 102 valence electrons. The van der Waals surface area contributed by atoms with E-state index in [1.807, 2.05) is 16.8 Å². The number of rotatable bonds is 4. The summed E-state index contributed by atoms with van der Waals surface area (Å²) in [6.45, 7) is 2.08. The summed E-state index contributed by atoms with van der Waals surface area (Å²) in [6.07, 6.45) is 0. The van der Waals surface area contributed by atoms with Gasteiger partial charge in [-0.3, -0.25) is 0 Å². The van der Waals surface area contributed by atoms with Crippen molar-refractivity contribution >= 4 is 27.0 Å². The maximum atomic E-state index is 12.5. The number of anilines is 1. The molecule has 0 aliphatic carbocycles. The minimum atomic E-state index is -3.51. The fourth-order valence-electron chi connectivity index (χ4n) is 1.80. The molecule has 0 amide bonds. The Morgan fingerprint density at radius 2 is 2.05 bits per heavy atom. The average Bonchev–Trinajstić information content (AvgIpc) is 2.85. The van der Waals surface area contributed by atoms with Crippen molar-refractivity contribution in [2.24, 2.45) is 0 Å². The lowest BCUT2D eigenvalue weighted by Crippen LogP contribution is -2.27. The van der Waals surface area contributed by atoms with Gasteiger partial charge in [-0.05, 0) is 47.0 Å². The summed E-state index contributed by atoms with van der Waals surface area (Å²) < 4.78 is 26.4. The molecule has 1 aromatic carbocycles. The molecule has 1 aromatic heterocycles. The Hall–Kier alpha value is -1.37. The van der Waals surface area contributed by atoms with Crippen molar-refractivity contribution in [1.29, 1.82) is 0 Å². The maximum absolute atomic E-state index is 12.5. The molecule has 1 heterocycles. The highest BCUT2D eigenvalue weighted by Crippen LogP contribution is 2.24. The summed E-state index contributed by atoms with van der Waals surface area (Å²) in [5.74, 6) is 0. The van der Waals surface area contributed by atoms with Crippen LogP contribution in [0.5, 0.6) is 0 Å². The Labute approximate surface area is 117 Å². The lowest BCUT2D eigenvalue weighted by atomic mass is 10.2. The fourth-order valence-corrected chi connectivity index (χ4v) is 3.87. The average molecular weight is 296 g/mol. The molecular weight excluding hydrogens is 280 g/mol. The summed E-state index contributed by atoms with van der Waals surface area (Å²) in [6, 6.07) is 6.87. The highest BCUT2D eigenvalue weighted by molar-refractivity contribution is 7.89. The van der Waals surface area contributed by atoms with Crippen LogP contribution in [0.3, 0.4) is 0 Å². The standard InChI is InChI=1S/C13H16N2O2S2/c1-10-12(14)4-3-5-13(10)19(16,17)15(2)8-11-6-7-18-9-11/h3-7,9H,8,14H2,1-2H3. The van der Waals surface area contributed by atoms with E-state index in [0.717, 1.165) is 5.56 Å². The first-order valence-corrected chi connectivity index (χ1v) is 8.13. The monoisotopic (exact) mass is 296 g/mol. The van der Waals surface area contributed by atoms with Gasteiger partial charge in [0.05, 0.1) is 4.90 Å². The van der Waals surface area contributed by atoms with E-state index in [1.54, 1.807) is 43.5 Å². The molecule has 0 unspecified atom stereocenters. The van der Waals surface area contributed by atoms with Crippen LogP contribution in [0.15, 0.2) is 39.9 Å². The third-order valence-corrected chi connectivity index (χ3v) is 5.68. The van der Waals surface area contributed by atoms with E-state index in [-0.39, 0.29) is 4.90 Å². The SMILES string of the molecule is Cc1c(N)cccc1S(=O)(=O)N(C)Cc1ccsc1. The van der Waals surface area contributed by atoms with E-state index >= 15 is 0 Å². The maximum Gasteiger partial charge on any atom is 0.243 e. The molecule has 0 saturated heterocycles. The van der Waals surface area contributed by atoms with Crippen molar-refractivity contribution in [2.75, 3.05) is 12.8 Å². The molecule has 0 radical (unpaired) electrons. The lowest BCUT2D eigenvalue weighted by molar-refractivity contribution is 0.467. The van der Waals surface area contributed by atoms with Crippen molar-refractivity contribution < 1.29 is 8.42 Å². The first-order valence-electron chi connectivity index (χ1n) is 5.75. The Kier molecular flexibility index (Phi) is 3.93. The Morgan fingerprint density at radius 3 is 2.68 bits per heavy atom. The van der Waals surface area contributed by atoms with Crippen molar-refractivity contribution in [3.05, 3.63) is 46.2 Å². The van der Waals surface area contributed by atoms with E-state index in [1.165, 1.54) is 4.31 Å². The molecule has 0 atom stereocenters. The Balaban J connectivity index is 2.34. The van der Waals surface area contributed by atoms with E-state index in [0.29, 0.717) is 17.8 Å². The summed E-state index contributed by atoms with van der Waals surface area (Å²) in [5.41, 5.74) is 7.84. The van der Waals surface area contributed by atoms with Crippen LogP contribution in [0, 0.1) is 6.92 Å². The molecule has 19 heavy (non-hydrogen) atoms. The van der Waals surface area contributed by atoms with Gasteiger partial charge in [0, 0.05) is 19.3 Å². The first-order chi connectivity index (χ1) is 8.93. The van der Waals surface area contributed by atoms with Gasteiger partial charge >= 0.3 is 0 Å². The predicted octanol–water partition coefficient (Wildman–Crippen LogP) is 2.46. The van der Waals surface area contributed by atoms with Crippen LogP contribution in [0.1, 0.15) is 11.1 Å². The molecule has 0 spiro atoms. The second-order valence-corrected chi connectivity index (χ2v) is 7.16. The third kappa shape index (κ3) is 2.80. The van der Waals surface area contributed by atoms with Crippen LogP contribution in [-0.4, -0.2) is 19.8 Å². The van der Waals surface area contributed by atoms with Crippen LogP contribution in [-0.2, 0) is 16.6 Å². The molecule has 2 aromatic rings. The van der Waals surface area contributed by atoms with Gasteiger partial charge < -0.3 is 5.73 Å². The minimum Gasteiger partial charge on any atom is -0.398 e. The van der Waals surface area contributed by atoms with Gasteiger partial charge in [0.15, 0.2) is 0 Å². The van der Waals surface area contributed by atoms with Gasteiger partial charge in [0.1, 0.15) is 0 Å². The molecule has 6 heteroatoms. The van der Waals surface area contributed by atoms with E-state index in [4.69, 9.17) is 5.73 Å². The van der Waals surface area contributed by atoms with Crippen molar-refractivity contribution in [2.45, 2.75) is 18.4 Å². The van der Waals surface area contributed by atoms with Gasteiger partial charge in [-0.2, -0.15) is 15.6 Å². The van der Waals surface area contributed by atoms with Crippen LogP contribution in [0.2, 0.25) is 0 Å². The highest BCUT2D eigenvalue weighted by atomic mass is 32.2. The zero-order valence-electron chi connectivity index (χ0n) is 10.8. The van der Waals surface area contributed by atoms with Crippen LogP contribution in [0.25, 0.3) is 0 Å². The van der Waals surface area contributed by atoms with Crippen molar-refractivity contribution in [3.63, 3.8) is 0 Å². The summed E-state index contributed by atoms with van der Waals surface area (Å²) in [4.78, 5) is 0.269. The number of sulfonamides is 1. The topological polar surface area (TPSA) is 63.4 Å². The van der Waals surface area contributed by atoms with Gasteiger partial charge in [-0.15, -0.1) is 0 Å². The number of hydrogen-bond donors (Lipinski definition) is 1. The number of nitrogen functional groups attached to an aromatic ring is 1. The number of nitrogens with zero attached hydrogens (tertiary/aromatic N) is 1. The number of nitrogens with two attached hydrogens (primary N) is 1. The van der Waals surface area contributed by atoms with E-state index in [2.05, 4.69) is 0 Å². The van der Waals surface area contributed by atoms with Gasteiger partial charge in [-0.25, -0.2) is 8.42 Å². The van der Waals surface area contributed by atoms with Gasteiger partial charge in [-0.1, -0.05) is 6.07 Å². The van der Waals surface area contributed by atoms with Crippen molar-refractivity contribution in [3.8, 4) is 0 Å². The second kappa shape index (κ2) is 5.32. The van der Waals surface area contributed by atoms with Crippen LogP contribution < -0.4 is 5.73 Å². The molecule has 0 aliphatic rings. The molecular formula is C13H16N2O2S2. The zero-order chi connectivity index (χ0) is 14.0. The molecule has 4 nitrogen and oxygen atoms in total. The summed E-state index contributed by atoms with van der Waals surface area (Å²) in [5, 5.41) is 3.87. The lowest BCUT2D eigenvalue weighted by Gasteiger charge is -2.18. The highest BCUT2D eigenvalue weighted by Gasteiger charge is 2.23. The smallest absolute Gasteiger partial charge is 0.243 e. The van der Waals surface area contributed by atoms with Crippen LogP contribution in [0.4, 0.5) is 5.69 Å². The van der Waals surface area contributed by atoms with Crippen LogP contribution >= 0.6 is 11.3 Å². The van der Waals surface area contributed by atoms with Gasteiger partial charge in [0.2, 0.25) is 10.0 Å². The van der Waals surface area contributed by atoms with E-state index in [9.17, 15) is 8.42 Å². The zero-order valence-corrected chi connectivity index (χ0v) is 12.5. The minimum absolute atomic E-state index is 0.269. The molecule has 0 saturated carbocycles.